The molecule has 3 heterocycles. The minimum Gasteiger partial charge on any atom is -0.349 e. The normalized spacial score (nSPS) is 22.4. The average molecular weight is 304 g/mol. The Hall–Kier alpha value is -1.07. The van der Waals surface area contributed by atoms with Gasteiger partial charge in [-0.3, -0.25) is 14.9 Å². The summed E-state index contributed by atoms with van der Waals surface area (Å²) in [4.78, 5) is 14.1. The van der Waals surface area contributed by atoms with Crippen molar-refractivity contribution in [3.8, 4) is 0 Å². The number of hydrogen-bond acceptors (Lipinski definition) is 5. The lowest BCUT2D eigenvalue weighted by atomic mass is 10.2. The Labute approximate surface area is 131 Å². The molecule has 1 aromatic rings. The fourth-order valence-electron chi connectivity index (χ4n) is 2.72. The topological polar surface area (TPSA) is 31.7 Å². The number of thioether (sulfide) groups is 1. The summed E-state index contributed by atoms with van der Waals surface area (Å²) in [5.41, 5.74) is 1.19. The van der Waals surface area contributed by atoms with Crippen LogP contribution in [0, 0.1) is 0 Å². The van der Waals surface area contributed by atoms with Crippen LogP contribution in [0.25, 0.3) is 0 Å². The first kappa shape index (κ1) is 14.9. The van der Waals surface area contributed by atoms with Gasteiger partial charge in [0.05, 0.1) is 6.54 Å². The molecule has 0 aromatic carbocycles. The number of pyridine rings is 1. The summed E-state index contributed by atoms with van der Waals surface area (Å²) < 4.78 is 0.283. The Kier molecular flexibility index (Phi) is 4.50. The van der Waals surface area contributed by atoms with Crippen LogP contribution in [0.4, 0.5) is 0 Å². The molecule has 0 unspecified atom stereocenters. The van der Waals surface area contributed by atoms with E-state index < -0.39 is 0 Å². The second-order valence-electron chi connectivity index (χ2n) is 6.36. The summed E-state index contributed by atoms with van der Waals surface area (Å²) >= 11 is 1.93. The number of nitrogens with zero attached hydrogens (tertiary/aromatic N) is 4. The van der Waals surface area contributed by atoms with E-state index >= 15 is 0 Å². The molecule has 1 saturated heterocycles. The van der Waals surface area contributed by atoms with Crippen molar-refractivity contribution in [2.24, 2.45) is 4.99 Å². The lowest BCUT2D eigenvalue weighted by molar-refractivity contribution is 0.185. The van der Waals surface area contributed by atoms with Gasteiger partial charge in [0.25, 0.3) is 0 Å². The fourth-order valence-corrected chi connectivity index (χ4v) is 3.78. The summed E-state index contributed by atoms with van der Waals surface area (Å²) in [5, 5.41) is 1.25. The molecule has 1 fully saturated rings. The van der Waals surface area contributed by atoms with E-state index in [-0.39, 0.29) is 4.75 Å². The molecular formula is C16H24N4S. The zero-order valence-electron chi connectivity index (χ0n) is 13.0. The molecule has 3 rings (SSSR count). The molecule has 2 aliphatic rings. The number of rotatable bonds is 3. The van der Waals surface area contributed by atoms with Crippen LogP contribution in [-0.2, 0) is 6.42 Å². The minimum atomic E-state index is 0.283. The number of hydrogen-bond donors (Lipinski definition) is 0. The van der Waals surface area contributed by atoms with Crippen LogP contribution in [-0.4, -0.2) is 64.0 Å². The fraction of sp³-hybridized carbons (Fsp3) is 0.625. The van der Waals surface area contributed by atoms with Crippen molar-refractivity contribution in [2.75, 3.05) is 39.3 Å². The Morgan fingerprint density at radius 1 is 1.19 bits per heavy atom. The van der Waals surface area contributed by atoms with Crippen molar-refractivity contribution in [2.45, 2.75) is 25.0 Å². The predicted molar refractivity (Wildman–Crippen MR) is 89.9 cm³/mol. The van der Waals surface area contributed by atoms with Crippen molar-refractivity contribution in [1.29, 1.82) is 0 Å². The number of aromatic nitrogens is 1. The maximum Gasteiger partial charge on any atom is 0.159 e. The summed E-state index contributed by atoms with van der Waals surface area (Å²) in [6, 6.07) is 6.16. The Morgan fingerprint density at radius 2 is 2.00 bits per heavy atom. The molecule has 4 nitrogen and oxygen atoms in total. The van der Waals surface area contributed by atoms with E-state index in [2.05, 4.69) is 40.8 Å². The number of amidine groups is 1. The van der Waals surface area contributed by atoms with E-state index in [0.29, 0.717) is 0 Å². The van der Waals surface area contributed by atoms with E-state index in [1.807, 2.05) is 24.0 Å². The van der Waals surface area contributed by atoms with Gasteiger partial charge in [-0.25, -0.2) is 0 Å². The minimum absolute atomic E-state index is 0.283. The van der Waals surface area contributed by atoms with E-state index in [0.717, 1.165) is 45.7 Å². The zero-order valence-corrected chi connectivity index (χ0v) is 13.8. The van der Waals surface area contributed by atoms with Gasteiger partial charge >= 0.3 is 0 Å². The maximum atomic E-state index is 4.71. The Morgan fingerprint density at radius 3 is 2.62 bits per heavy atom. The van der Waals surface area contributed by atoms with Crippen molar-refractivity contribution >= 4 is 16.9 Å². The first-order chi connectivity index (χ1) is 10.1. The van der Waals surface area contributed by atoms with Crippen LogP contribution in [0.1, 0.15) is 19.5 Å². The highest BCUT2D eigenvalue weighted by molar-refractivity contribution is 8.15. The van der Waals surface area contributed by atoms with Gasteiger partial charge in [0, 0.05) is 55.8 Å². The molecule has 0 N–H and O–H groups in total. The predicted octanol–water partition coefficient (Wildman–Crippen LogP) is 2.12. The van der Waals surface area contributed by atoms with Gasteiger partial charge in [-0.2, -0.15) is 0 Å². The molecule has 0 radical (unpaired) electrons. The SMILES string of the molecule is CC1(C)CN=C(N2CCN(CCc3ccccn3)CC2)S1. The highest BCUT2D eigenvalue weighted by Gasteiger charge is 2.31. The van der Waals surface area contributed by atoms with E-state index in [1.165, 1.54) is 10.9 Å². The monoisotopic (exact) mass is 304 g/mol. The summed E-state index contributed by atoms with van der Waals surface area (Å²) in [7, 11) is 0. The lowest BCUT2D eigenvalue weighted by Crippen LogP contribution is -2.48. The molecule has 0 bridgehead atoms. The van der Waals surface area contributed by atoms with Gasteiger partial charge in [0.15, 0.2) is 5.17 Å². The van der Waals surface area contributed by atoms with E-state index in [1.54, 1.807) is 0 Å². The summed E-state index contributed by atoms with van der Waals surface area (Å²) in [6.07, 6.45) is 2.92. The third-order valence-electron chi connectivity index (χ3n) is 4.02. The van der Waals surface area contributed by atoms with E-state index in [9.17, 15) is 0 Å². The molecule has 0 saturated carbocycles. The summed E-state index contributed by atoms with van der Waals surface area (Å²) in [5.74, 6) is 0. The highest BCUT2D eigenvalue weighted by Crippen LogP contribution is 2.33. The van der Waals surface area contributed by atoms with Crippen LogP contribution in [0.2, 0.25) is 0 Å². The van der Waals surface area contributed by atoms with Gasteiger partial charge < -0.3 is 4.90 Å². The second-order valence-corrected chi connectivity index (χ2v) is 8.03. The largest absolute Gasteiger partial charge is 0.349 e. The summed E-state index contributed by atoms with van der Waals surface area (Å²) in [6.45, 7) is 11.1. The molecule has 1 aromatic heterocycles. The van der Waals surface area contributed by atoms with Gasteiger partial charge in [0.1, 0.15) is 0 Å². The Bertz CT molecular complexity index is 492. The van der Waals surface area contributed by atoms with Crippen LogP contribution < -0.4 is 0 Å². The average Bonchev–Trinajstić information content (AvgIpc) is 2.87. The van der Waals surface area contributed by atoms with Gasteiger partial charge in [-0.15, -0.1) is 0 Å². The molecule has 0 atom stereocenters. The van der Waals surface area contributed by atoms with Crippen LogP contribution in [0.15, 0.2) is 29.4 Å². The highest BCUT2D eigenvalue weighted by atomic mass is 32.2. The second kappa shape index (κ2) is 6.36. The standard InChI is InChI=1S/C16H24N4S/c1-16(2)13-18-15(21-16)20-11-9-19(10-12-20)8-6-14-5-3-4-7-17-14/h3-5,7H,6,8-13H2,1-2H3. The van der Waals surface area contributed by atoms with Crippen LogP contribution >= 0.6 is 11.8 Å². The molecule has 0 spiro atoms. The van der Waals surface area contributed by atoms with Crippen molar-refractivity contribution < 1.29 is 0 Å². The smallest absolute Gasteiger partial charge is 0.159 e. The lowest BCUT2D eigenvalue weighted by Gasteiger charge is -2.35. The van der Waals surface area contributed by atoms with Gasteiger partial charge in [0.2, 0.25) is 0 Å². The van der Waals surface area contributed by atoms with Crippen LogP contribution in [0.3, 0.4) is 0 Å². The first-order valence-electron chi connectivity index (χ1n) is 7.73. The van der Waals surface area contributed by atoms with Crippen molar-refractivity contribution in [1.82, 2.24) is 14.8 Å². The molecule has 5 heteroatoms. The third-order valence-corrected chi connectivity index (χ3v) is 5.27. The quantitative estimate of drug-likeness (QED) is 0.856. The first-order valence-corrected chi connectivity index (χ1v) is 8.55. The zero-order chi connectivity index (χ0) is 14.7. The van der Waals surface area contributed by atoms with Gasteiger partial charge in [-0.05, 0) is 26.0 Å². The number of piperazine rings is 1. The van der Waals surface area contributed by atoms with Crippen LogP contribution in [0.5, 0.6) is 0 Å². The third kappa shape index (κ3) is 3.98. The molecule has 2 aliphatic heterocycles. The molecule has 21 heavy (non-hydrogen) atoms. The molecule has 0 aliphatic carbocycles. The van der Waals surface area contributed by atoms with Crippen molar-refractivity contribution in [3.05, 3.63) is 30.1 Å². The molecule has 114 valence electrons. The molecular weight excluding hydrogens is 280 g/mol. The maximum absolute atomic E-state index is 4.71. The van der Waals surface area contributed by atoms with E-state index in [4.69, 9.17) is 4.99 Å². The van der Waals surface area contributed by atoms with Crippen molar-refractivity contribution in [3.63, 3.8) is 0 Å². The number of aliphatic imine (C=N–C) groups is 1. The van der Waals surface area contributed by atoms with Gasteiger partial charge in [-0.1, -0.05) is 17.8 Å². The molecule has 0 amide bonds. The Balaban J connectivity index is 1.43.